The fourth-order valence-electron chi connectivity index (χ4n) is 3.98. The summed E-state index contributed by atoms with van der Waals surface area (Å²) < 4.78 is 54.6. The first-order valence-corrected chi connectivity index (χ1v) is 12.3. The summed E-state index contributed by atoms with van der Waals surface area (Å²) in [5.41, 5.74) is 1.61. The first-order chi connectivity index (χ1) is 15.7. The molecule has 1 heterocycles. The van der Waals surface area contributed by atoms with Crippen molar-refractivity contribution in [2.24, 2.45) is 0 Å². The van der Waals surface area contributed by atoms with E-state index in [1.165, 1.54) is 40.7 Å². The third kappa shape index (κ3) is 5.00. The van der Waals surface area contributed by atoms with Crippen molar-refractivity contribution in [3.63, 3.8) is 0 Å². The number of piperazine rings is 1. The highest BCUT2D eigenvalue weighted by Crippen LogP contribution is 2.37. The SMILES string of the molecule is O=S(=O)(c1cc(Cl)cc(Cl)c1O)N1CCN(C(c2ccc(F)cc2)c2ccc(F)cc2)CC1. The van der Waals surface area contributed by atoms with Gasteiger partial charge in [-0.2, -0.15) is 4.31 Å². The molecule has 3 aromatic rings. The Labute approximate surface area is 200 Å². The molecular weight excluding hydrogens is 493 g/mol. The van der Waals surface area contributed by atoms with Gasteiger partial charge < -0.3 is 5.11 Å². The molecule has 0 unspecified atom stereocenters. The number of nitrogens with zero attached hydrogens (tertiary/aromatic N) is 2. The van der Waals surface area contributed by atoms with Crippen LogP contribution < -0.4 is 0 Å². The Bertz CT molecular complexity index is 1200. The van der Waals surface area contributed by atoms with Gasteiger partial charge in [0.05, 0.1) is 11.1 Å². The number of hydrogen-bond donors (Lipinski definition) is 1. The van der Waals surface area contributed by atoms with Crippen LogP contribution in [0, 0.1) is 11.6 Å². The first-order valence-electron chi connectivity index (χ1n) is 10.1. The van der Waals surface area contributed by atoms with Crippen molar-refractivity contribution in [3.8, 4) is 5.75 Å². The second kappa shape index (κ2) is 9.56. The van der Waals surface area contributed by atoms with E-state index in [-0.39, 0.29) is 45.7 Å². The van der Waals surface area contributed by atoms with Crippen molar-refractivity contribution in [2.45, 2.75) is 10.9 Å². The molecule has 1 aliphatic rings. The maximum absolute atomic E-state index is 13.5. The van der Waals surface area contributed by atoms with Crippen molar-refractivity contribution in [1.29, 1.82) is 0 Å². The molecule has 0 amide bonds. The number of hydrogen-bond acceptors (Lipinski definition) is 4. The average molecular weight is 513 g/mol. The fraction of sp³-hybridized carbons (Fsp3) is 0.217. The Morgan fingerprint density at radius 2 is 1.30 bits per heavy atom. The number of aromatic hydroxyl groups is 1. The van der Waals surface area contributed by atoms with Crippen molar-refractivity contribution in [3.05, 3.63) is 93.5 Å². The number of phenolic OH excluding ortho intramolecular Hbond substituents is 1. The minimum Gasteiger partial charge on any atom is -0.505 e. The van der Waals surface area contributed by atoms with Crippen molar-refractivity contribution in [1.82, 2.24) is 9.21 Å². The monoisotopic (exact) mass is 512 g/mol. The summed E-state index contributed by atoms with van der Waals surface area (Å²) in [6.45, 7) is 0.997. The Morgan fingerprint density at radius 3 is 1.79 bits per heavy atom. The quantitative estimate of drug-likeness (QED) is 0.518. The van der Waals surface area contributed by atoms with Crippen LogP contribution in [-0.2, 0) is 10.0 Å². The van der Waals surface area contributed by atoms with Crippen molar-refractivity contribution >= 4 is 33.2 Å². The highest BCUT2D eigenvalue weighted by Gasteiger charge is 2.34. The Hall–Kier alpha value is -2.23. The van der Waals surface area contributed by atoms with E-state index in [2.05, 4.69) is 4.90 Å². The van der Waals surface area contributed by atoms with Gasteiger partial charge in [-0.25, -0.2) is 17.2 Å². The van der Waals surface area contributed by atoms with Crippen LogP contribution >= 0.6 is 23.2 Å². The second-order valence-corrected chi connectivity index (χ2v) is 10.4. The predicted molar refractivity (Wildman–Crippen MR) is 123 cm³/mol. The van der Waals surface area contributed by atoms with E-state index in [9.17, 15) is 22.3 Å². The molecule has 0 radical (unpaired) electrons. The second-order valence-electron chi connectivity index (χ2n) is 7.68. The van der Waals surface area contributed by atoms with Gasteiger partial charge in [-0.3, -0.25) is 4.90 Å². The van der Waals surface area contributed by atoms with Gasteiger partial charge in [0.15, 0.2) is 5.75 Å². The molecule has 0 atom stereocenters. The van der Waals surface area contributed by atoms with E-state index in [1.807, 2.05) is 0 Å². The molecule has 174 valence electrons. The molecule has 10 heteroatoms. The van der Waals surface area contributed by atoms with Gasteiger partial charge >= 0.3 is 0 Å². The van der Waals surface area contributed by atoms with Gasteiger partial charge in [-0.15, -0.1) is 0 Å². The van der Waals surface area contributed by atoms with Crippen LogP contribution in [-0.4, -0.2) is 48.9 Å². The number of benzene rings is 3. The molecule has 0 saturated carbocycles. The van der Waals surface area contributed by atoms with Crippen LogP contribution in [0.3, 0.4) is 0 Å². The minimum absolute atomic E-state index is 0.0997. The third-order valence-electron chi connectivity index (χ3n) is 5.62. The molecular formula is C23H20Cl2F2N2O3S. The molecule has 5 nitrogen and oxygen atoms in total. The lowest BCUT2D eigenvalue weighted by molar-refractivity contribution is 0.155. The topological polar surface area (TPSA) is 60.9 Å². The maximum atomic E-state index is 13.5. The summed E-state index contributed by atoms with van der Waals surface area (Å²) in [5, 5.41) is 10.2. The normalized spacial score (nSPS) is 15.8. The number of rotatable bonds is 5. The fourth-order valence-corrected chi connectivity index (χ4v) is 6.15. The molecule has 3 aromatic carbocycles. The number of halogens is 4. The van der Waals surface area contributed by atoms with Crippen LogP contribution in [0.2, 0.25) is 10.0 Å². The standard InChI is InChI=1S/C23H20Cl2F2N2O3S/c24-17-13-20(25)23(30)21(14-17)33(31,32)29-11-9-28(10-12-29)22(15-1-5-18(26)6-2-15)16-3-7-19(27)8-4-16/h1-8,13-14,22,30H,9-12H2. The minimum atomic E-state index is -4.04. The molecule has 33 heavy (non-hydrogen) atoms. The van der Waals surface area contributed by atoms with Gasteiger partial charge in [-0.1, -0.05) is 47.5 Å². The van der Waals surface area contributed by atoms with E-state index >= 15 is 0 Å². The lowest BCUT2D eigenvalue weighted by Crippen LogP contribution is -2.49. The van der Waals surface area contributed by atoms with E-state index < -0.39 is 15.8 Å². The van der Waals surface area contributed by atoms with E-state index in [1.54, 1.807) is 24.3 Å². The zero-order chi connectivity index (χ0) is 23.8. The molecule has 1 fully saturated rings. The van der Waals surface area contributed by atoms with Gasteiger partial charge in [0.1, 0.15) is 16.5 Å². The summed E-state index contributed by atoms with van der Waals surface area (Å²) in [4.78, 5) is 1.71. The largest absolute Gasteiger partial charge is 0.505 e. The third-order valence-corrected chi connectivity index (χ3v) is 8.04. The van der Waals surface area contributed by atoms with Crippen LogP contribution in [0.25, 0.3) is 0 Å². The van der Waals surface area contributed by atoms with Gasteiger partial charge in [0.25, 0.3) is 0 Å². The predicted octanol–water partition coefficient (Wildman–Crippen LogP) is 5.07. The summed E-state index contributed by atoms with van der Waals surface area (Å²) in [6.07, 6.45) is 0. The van der Waals surface area contributed by atoms with Crippen LogP contribution in [0.1, 0.15) is 17.2 Å². The highest BCUT2D eigenvalue weighted by atomic mass is 35.5. The number of sulfonamides is 1. The molecule has 0 aromatic heterocycles. The summed E-state index contributed by atoms with van der Waals surface area (Å²) in [6, 6.07) is 14.2. The van der Waals surface area contributed by atoms with E-state index in [0.717, 1.165) is 11.1 Å². The lowest BCUT2D eigenvalue weighted by Gasteiger charge is -2.39. The Kier molecular flexibility index (Phi) is 6.93. The van der Waals surface area contributed by atoms with E-state index in [4.69, 9.17) is 23.2 Å². The van der Waals surface area contributed by atoms with Crippen LogP contribution in [0.15, 0.2) is 65.6 Å². The van der Waals surface area contributed by atoms with Crippen molar-refractivity contribution < 1.29 is 22.3 Å². The van der Waals surface area contributed by atoms with Crippen LogP contribution in [0.4, 0.5) is 8.78 Å². The van der Waals surface area contributed by atoms with Crippen LogP contribution in [0.5, 0.6) is 5.75 Å². The molecule has 1 N–H and O–H groups in total. The Morgan fingerprint density at radius 1 is 0.818 bits per heavy atom. The summed E-state index contributed by atoms with van der Waals surface area (Å²) >= 11 is 11.9. The first kappa shape index (κ1) is 23.9. The zero-order valence-electron chi connectivity index (χ0n) is 17.3. The molecule has 0 spiro atoms. The smallest absolute Gasteiger partial charge is 0.246 e. The van der Waals surface area contributed by atoms with Crippen molar-refractivity contribution in [2.75, 3.05) is 26.2 Å². The zero-order valence-corrected chi connectivity index (χ0v) is 19.6. The van der Waals surface area contributed by atoms with Gasteiger partial charge in [0, 0.05) is 31.2 Å². The highest BCUT2D eigenvalue weighted by molar-refractivity contribution is 7.89. The lowest BCUT2D eigenvalue weighted by atomic mass is 9.96. The Balaban J connectivity index is 1.60. The maximum Gasteiger partial charge on any atom is 0.246 e. The molecule has 1 saturated heterocycles. The average Bonchev–Trinajstić information content (AvgIpc) is 2.79. The molecule has 0 bridgehead atoms. The van der Waals surface area contributed by atoms with E-state index in [0.29, 0.717) is 13.1 Å². The number of phenols is 1. The summed E-state index contributed by atoms with van der Waals surface area (Å²) in [5.74, 6) is -1.28. The van der Waals surface area contributed by atoms with Gasteiger partial charge in [-0.05, 0) is 47.5 Å². The molecule has 1 aliphatic heterocycles. The molecule has 4 rings (SSSR count). The molecule has 0 aliphatic carbocycles. The summed E-state index contributed by atoms with van der Waals surface area (Å²) in [7, 11) is -4.04. The van der Waals surface area contributed by atoms with Gasteiger partial charge in [0.2, 0.25) is 10.0 Å².